The summed E-state index contributed by atoms with van der Waals surface area (Å²) in [6.07, 6.45) is 2.09. The molecule has 0 aromatic rings. The van der Waals surface area contributed by atoms with E-state index in [1.54, 1.807) is 48.1 Å². The molecular weight excluding hydrogens is 836 g/mol. The normalized spacial score (nSPS) is 16.9. The van der Waals surface area contributed by atoms with Crippen molar-refractivity contribution in [2.45, 2.75) is 45.5 Å². The molecule has 0 unspecified atom stereocenters. The van der Waals surface area contributed by atoms with Crippen molar-refractivity contribution in [3.63, 3.8) is 0 Å². The van der Waals surface area contributed by atoms with E-state index in [4.69, 9.17) is 5.73 Å². The lowest BCUT2D eigenvalue weighted by atomic mass is 10.1. The zero-order valence-electron chi connectivity index (χ0n) is 20.4. The maximum absolute atomic E-state index is 12.7. The van der Waals surface area contributed by atoms with Crippen LogP contribution in [-0.2, 0) is 24.0 Å². The fourth-order valence-corrected chi connectivity index (χ4v) is 16.9. The second kappa shape index (κ2) is 19.3. The smallest absolute Gasteiger partial charge is 0.229 e. The van der Waals surface area contributed by atoms with E-state index < -0.39 is 6.04 Å². The van der Waals surface area contributed by atoms with Gasteiger partial charge in [0.25, 0.3) is 0 Å². The Kier molecular flexibility index (Phi) is 17.9. The minimum atomic E-state index is -0.502. The Labute approximate surface area is 274 Å². The second-order valence-electron chi connectivity index (χ2n) is 8.06. The van der Waals surface area contributed by atoms with Gasteiger partial charge in [-0.2, -0.15) is 0 Å². The van der Waals surface area contributed by atoms with Crippen molar-refractivity contribution >= 4 is 139 Å². The van der Waals surface area contributed by atoms with Gasteiger partial charge < -0.3 is 26.6 Å². The molecule has 2 heterocycles. The predicted octanol–water partition coefficient (Wildman–Crippen LogP) is 2.99. The van der Waals surface area contributed by atoms with Gasteiger partial charge in [-0.05, 0) is 62.4 Å². The predicted molar refractivity (Wildman–Crippen MR) is 182 cm³/mol. The Hall–Kier alpha value is 1.07. The molecule has 0 aromatic heterocycles. The standard InChI is InChI=1S/C20H31I2N5O5S6/c21-11-15(29)25-7-9-27(10-8-26-16(30)12-22)17(31)5-4-14(28)24-6-2-1-3-13(23)18(32)19-33-35-20(36-34-19)37-38-20/h13,19H,1-12,23H2,(H,24,28)(H,25,29)(H,26,30)/t13-/m0/s1. The molecule has 5 N–H and O–H groups in total. The molecule has 2 fully saturated rings. The number of nitrogens with two attached hydrogens (primary N) is 1. The summed E-state index contributed by atoms with van der Waals surface area (Å²) in [5, 5.41) is 8.28. The monoisotopic (exact) mass is 867 g/mol. The van der Waals surface area contributed by atoms with Crippen LogP contribution in [0.3, 0.4) is 0 Å². The molecule has 0 aromatic carbocycles. The zero-order chi connectivity index (χ0) is 28.0. The molecule has 0 bridgehead atoms. The first-order valence-corrected chi connectivity index (χ1v) is 21.4. The number of carbonyl (C=O) groups is 5. The number of nitrogens with zero attached hydrogens (tertiary/aromatic N) is 1. The summed E-state index contributed by atoms with van der Waals surface area (Å²) in [6, 6.07) is -0.502. The van der Waals surface area contributed by atoms with Crippen molar-refractivity contribution in [1.82, 2.24) is 20.9 Å². The lowest BCUT2D eigenvalue weighted by Crippen LogP contribution is -2.43. The van der Waals surface area contributed by atoms with Crippen LogP contribution in [0, 0.1) is 0 Å². The number of carbonyl (C=O) groups excluding carboxylic acids is 5. The van der Waals surface area contributed by atoms with Gasteiger partial charge in [0.2, 0.25) is 23.6 Å². The van der Waals surface area contributed by atoms with Crippen LogP contribution in [-0.4, -0.2) is 89.3 Å². The largest absolute Gasteiger partial charge is 0.356 e. The maximum atomic E-state index is 12.7. The van der Waals surface area contributed by atoms with Gasteiger partial charge in [0, 0.05) is 45.6 Å². The molecule has 2 rings (SSSR count). The fraction of sp³-hybridized carbons (Fsp3) is 0.750. The van der Waals surface area contributed by atoms with E-state index >= 15 is 0 Å². The maximum Gasteiger partial charge on any atom is 0.229 e. The Morgan fingerprint density at radius 1 is 0.789 bits per heavy atom. The molecule has 0 saturated carbocycles. The minimum Gasteiger partial charge on any atom is -0.356 e. The summed E-state index contributed by atoms with van der Waals surface area (Å²) in [4.78, 5) is 62.0. The number of rotatable bonds is 18. The summed E-state index contributed by atoms with van der Waals surface area (Å²) in [5.74, 6) is -0.591. The molecule has 10 nitrogen and oxygen atoms in total. The highest BCUT2D eigenvalue weighted by Crippen LogP contribution is 2.84. The molecule has 1 spiro atoms. The third-order valence-electron chi connectivity index (χ3n) is 5.13. The molecular formula is C20H31I2N5O5S6. The van der Waals surface area contributed by atoms with Gasteiger partial charge in [-0.3, -0.25) is 24.0 Å². The SMILES string of the molecule is N[C@@H](CCCCNC(=O)CCC(=O)N(CCNC(=O)CI)CCNC(=O)CI)C(=O)C1SSC2(SS1)SS2. The summed E-state index contributed by atoms with van der Waals surface area (Å²) < 4.78 is 0.677. The number of alkyl halides is 2. The van der Waals surface area contributed by atoms with Crippen LogP contribution in [0.2, 0.25) is 0 Å². The Balaban J connectivity index is 1.60. The molecule has 4 amide bonds. The summed E-state index contributed by atoms with van der Waals surface area (Å²) in [7, 11) is 10.3. The van der Waals surface area contributed by atoms with Crippen LogP contribution >= 0.6 is 110 Å². The molecule has 2 saturated heterocycles. The molecule has 2 aliphatic rings. The van der Waals surface area contributed by atoms with Crippen LogP contribution in [0.25, 0.3) is 0 Å². The van der Waals surface area contributed by atoms with Crippen molar-refractivity contribution < 1.29 is 24.0 Å². The average Bonchev–Trinajstić information content (AvgIpc) is 3.68. The number of Topliss-reactive ketones (excluding diaryl/α,β-unsaturated/α-hetero) is 1. The minimum absolute atomic E-state index is 0.0384. The molecule has 0 aliphatic carbocycles. The Morgan fingerprint density at radius 3 is 1.87 bits per heavy atom. The quantitative estimate of drug-likeness (QED) is 0.0528. The van der Waals surface area contributed by atoms with Gasteiger partial charge in [-0.1, -0.05) is 66.8 Å². The summed E-state index contributed by atoms with van der Waals surface area (Å²) >= 11 is 3.92. The third kappa shape index (κ3) is 13.8. The van der Waals surface area contributed by atoms with E-state index in [0.29, 0.717) is 54.4 Å². The lowest BCUT2D eigenvalue weighted by Gasteiger charge is -2.24. The van der Waals surface area contributed by atoms with Crippen LogP contribution in [0.15, 0.2) is 0 Å². The number of unbranched alkanes of at least 4 members (excludes halogenated alkanes) is 1. The fourth-order valence-electron chi connectivity index (χ4n) is 3.04. The first-order valence-electron chi connectivity index (χ1n) is 11.7. The molecule has 18 heteroatoms. The van der Waals surface area contributed by atoms with Gasteiger partial charge in [-0.25, -0.2) is 0 Å². The van der Waals surface area contributed by atoms with Crippen LogP contribution in [0.1, 0.15) is 32.1 Å². The van der Waals surface area contributed by atoms with Gasteiger partial charge in [-0.15, -0.1) is 0 Å². The average molecular weight is 868 g/mol. The molecule has 2 aliphatic heterocycles. The lowest BCUT2D eigenvalue weighted by molar-refractivity contribution is -0.134. The number of hydrogen-bond acceptors (Lipinski definition) is 12. The van der Waals surface area contributed by atoms with Crippen molar-refractivity contribution in [1.29, 1.82) is 0 Å². The second-order valence-corrected chi connectivity index (χ2v) is 19.0. The van der Waals surface area contributed by atoms with Crippen molar-refractivity contribution in [3.8, 4) is 0 Å². The highest BCUT2D eigenvalue weighted by molar-refractivity contribution is 14.1. The van der Waals surface area contributed by atoms with Crippen molar-refractivity contribution in [2.24, 2.45) is 5.73 Å². The topological polar surface area (TPSA) is 151 Å². The molecule has 1 atom stereocenters. The highest BCUT2D eigenvalue weighted by atomic mass is 127. The van der Waals surface area contributed by atoms with Crippen molar-refractivity contribution in [3.05, 3.63) is 0 Å². The molecule has 216 valence electrons. The highest BCUT2D eigenvalue weighted by Gasteiger charge is 2.53. The van der Waals surface area contributed by atoms with Gasteiger partial charge in [0.05, 0.1) is 14.9 Å². The van der Waals surface area contributed by atoms with E-state index in [1.807, 2.05) is 66.8 Å². The first-order chi connectivity index (χ1) is 18.2. The Morgan fingerprint density at radius 2 is 1.34 bits per heavy atom. The van der Waals surface area contributed by atoms with Crippen LogP contribution in [0.4, 0.5) is 0 Å². The molecule has 38 heavy (non-hydrogen) atoms. The number of ketones is 1. The third-order valence-corrected chi connectivity index (χ3v) is 20.1. The molecule has 0 radical (unpaired) electrons. The van der Waals surface area contributed by atoms with E-state index in [9.17, 15) is 24.0 Å². The van der Waals surface area contributed by atoms with Gasteiger partial charge in [0.1, 0.15) is 4.58 Å². The first kappa shape index (κ1) is 35.3. The van der Waals surface area contributed by atoms with Crippen LogP contribution in [0.5, 0.6) is 0 Å². The van der Waals surface area contributed by atoms with Crippen molar-refractivity contribution in [2.75, 3.05) is 41.6 Å². The van der Waals surface area contributed by atoms with Gasteiger partial charge in [0.15, 0.2) is 8.53 Å². The number of hydrogen-bond donors (Lipinski definition) is 4. The van der Waals surface area contributed by atoms with E-state index in [2.05, 4.69) is 16.0 Å². The summed E-state index contributed by atoms with van der Waals surface area (Å²) in [5.41, 5.74) is 6.12. The van der Waals surface area contributed by atoms with E-state index in [0.717, 1.165) is 6.42 Å². The number of nitrogens with one attached hydrogen (secondary N) is 3. The zero-order valence-corrected chi connectivity index (χ0v) is 29.6. The number of amides is 4. The number of halogens is 2. The van der Waals surface area contributed by atoms with E-state index in [1.165, 1.54) is 0 Å². The van der Waals surface area contributed by atoms with Gasteiger partial charge >= 0.3 is 0 Å². The Bertz CT molecular complexity index is 812. The van der Waals surface area contributed by atoms with E-state index in [-0.39, 0.29) is 49.6 Å². The van der Waals surface area contributed by atoms with Crippen LogP contribution < -0.4 is 21.7 Å². The summed E-state index contributed by atoms with van der Waals surface area (Å²) in [6.45, 7) is 1.67.